The molecule has 0 spiro atoms. The van der Waals surface area contributed by atoms with Gasteiger partial charge in [-0.1, -0.05) is 13.8 Å². The van der Waals surface area contributed by atoms with Crippen molar-refractivity contribution in [2.75, 3.05) is 53.1 Å². The van der Waals surface area contributed by atoms with E-state index in [1.165, 1.54) is 12.8 Å². The van der Waals surface area contributed by atoms with Gasteiger partial charge in [0.2, 0.25) is 0 Å². The molecule has 0 aromatic heterocycles. The van der Waals surface area contributed by atoms with Crippen LogP contribution in [0.3, 0.4) is 0 Å². The lowest BCUT2D eigenvalue weighted by atomic mass is 9.97. The maximum atomic E-state index is 5.46. The van der Waals surface area contributed by atoms with Crippen LogP contribution in [0.2, 0.25) is 0 Å². The Balaban J connectivity index is 0.00000441. The van der Waals surface area contributed by atoms with Gasteiger partial charge in [0.15, 0.2) is 5.96 Å². The molecule has 5 nitrogen and oxygen atoms in total. The smallest absolute Gasteiger partial charge is 0.194 e. The number of rotatable bonds is 9. The monoisotopic (exact) mass is 427 g/mol. The van der Waals surface area contributed by atoms with Crippen LogP contribution in [-0.4, -0.2) is 64.0 Å². The molecule has 1 aliphatic rings. The Bertz CT molecular complexity index is 301. The number of aliphatic imine (C=N–C) groups is 1. The first-order valence-electron chi connectivity index (χ1n) is 8.27. The zero-order chi connectivity index (χ0) is 15.5. The lowest BCUT2D eigenvalue weighted by Gasteiger charge is -2.22. The summed E-state index contributed by atoms with van der Waals surface area (Å²) in [7, 11) is 1.69. The van der Waals surface area contributed by atoms with E-state index in [4.69, 9.17) is 9.47 Å². The van der Waals surface area contributed by atoms with Crippen LogP contribution in [0.1, 0.15) is 33.6 Å². The molecule has 1 saturated heterocycles. The summed E-state index contributed by atoms with van der Waals surface area (Å²) in [4.78, 5) is 7.07. The summed E-state index contributed by atoms with van der Waals surface area (Å²) >= 11 is 0. The predicted molar refractivity (Wildman–Crippen MR) is 103 cm³/mol. The second-order valence-electron chi connectivity index (χ2n) is 6.07. The zero-order valence-corrected chi connectivity index (χ0v) is 17.0. The van der Waals surface area contributed by atoms with E-state index < -0.39 is 0 Å². The maximum absolute atomic E-state index is 5.46. The average Bonchev–Trinajstić information content (AvgIpc) is 2.89. The fourth-order valence-corrected chi connectivity index (χ4v) is 2.77. The van der Waals surface area contributed by atoms with Crippen LogP contribution in [-0.2, 0) is 9.47 Å². The van der Waals surface area contributed by atoms with Crippen molar-refractivity contribution >= 4 is 29.9 Å². The second kappa shape index (κ2) is 13.4. The molecule has 0 saturated carbocycles. The van der Waals surface area contributed by atoms with Crippen LogP contribution in [0, 0.1) is 11.8 Å². The molecule has 132 valence electrons. The molecular weight excluding hydrogens is 393 g/mol. The molecule has 1 heterocycles. The molecule has 0 amide bonds. The highest BCUT2D eigenvalue weighted by Gasteiger charge is 2.25. The number of hydrogen-bond donors (Lipinski definition) is 1. The van der Waals surface area contributed by atoms with Gasteiger partial charge >= 0.3 is 0 Å². The van der Waals surface area contributed by atoms with Crippen LogP contribution in [0.25, 0.3) is 0 Å². The van der Waals surface area contributed by atoms with E-state index in [0.29, 0.717) is 26.4 Å². The summed E-state index contributed by atoms with van der Waals surface area (Å²) in [6.07, 6.45) is 2.60. The lowest BCUT2D eigenvalue weighted by molar-refractivity contribution is 0.0747. The van der Waals surface area contributed by atoms with E-state index in [1.54, 1.807) is 7.11 Å². The van der Waals surface area contributed by atoms with Gasteiger partial charge in [0, 0.05) is 26.7 Å². The summed E-state index contributed by atoms with van der Waals surface area (Å²) in [5.74, 6) is 2.63. The van der Waals surface area contributed by atoms with Gasteiger partial charge in [-0.15, -0.1) is 24.0 Å². The van der Waals surface area contributed by atoms with E-state index in [2.05, 4.69) is 36.0 Å². The van der Waals surface area contributed by atoms with Crippen molar-refractivity contribution in [2.45, 2.75) is 33.6 Å². The van der Waals surface area contributed by atoms with Gasteiger partial charge in [0.1, 0.15) is 0 Å². The highest BCUT2D eigenvalue weighted by molar-refractivity contribution is 14.0. The third-order valence-corrected chi connectivity index (χ3v) is 3.65. The Hall–Kier alpha value is -0.0800. The van der Waals surface area contributed by atoms with Gasteiger partial charge in [0.25, 0.3) is 0 Å². The molecule has 0 radical (unpaired) electrons. The Kier molecular flexibility index (Phi) is 13.3. The molecule has 22 heavy (non-hydrogen) atoms. The third kappa shape index (κ3) is 9.15. The minimum atomic E-state index is 0. The molecule has 1 fully saturated rings. The van der Waals surface area contributed by atoms with Crippen molar-refractivity contribution < 1.29 is 9.47 Å². The first kappa shape index (κ1) is 21.9. The Labute approximate surface area is 153 Å². The van der Waals surface area contributed by atoms with Crippen molar-refractivity contribution in [1.82, 2.24) is 10.2 Å². The minimum Gasteiger partial charge on any atom is -0.382 e. The van der Waals surface area contributed by atoms with E-state index >= 15 is 0 Å². The normalized spacial score (nSPS) is 18.7. The molecule has 1 rings (SSSR count). The molecule has 6 heteroatoms. The molecule has 0 bridgehead atoms. The van der Waals surface area contributed by atoms with Crippen molar-refractivity contribution in [1.29, 1.82) is 0 Å². The van der Waals surface area contributed by atoms with Gasteiger partial charge in [-0.2, -0.15) is 0 Å². The van der Waals surface area contributed by atoms with Gasteiger partial charge in [0.05, 0.1) is 26.4 Å². The molecule has 1 N–H and O–H groups in total. The van der Waals surface area contributed by atoms with Crippen molar-refractivity contribution in [2.24, 2.45) is 16.8 Å². The van der Waals surface area contributed by atoms with Crippen LogP contribution in [0.15, 0.2) is 4.99 Å². The highest BCUT2D eigenvalue weighted by Crippen LogP contribution is 2.23. The Morgan fingerprint density at radius 1 is 1.32 bits per heavy atom. The molecular formula is C16H34IN3O2. The SMILES string of the molecule is CCNC(=NCCOCCOC)N1CCC(CC(C)C)C1.I. The summed E-state index contributed by atoms with van der Waals surface area (Å²) in [6.45, 7) is 12.5. The van der Waals surface area contributed by atoms with E-state index in [-0.39, 0.29) is 24.0 Å². The fourth-order valence-electron chi connectivity index (χ4n) is 2.77. The second-order valence-corrected chi connectivity index (χ2v) is 6.07. The summed E-state index contributed by atoms with van der Waals surface area (Å²) in [5.41, 5.74) is 0. The Morgan fingerprint density at radius 2 is 2.09 bits per heavy atom. The third-order valence-electron chi connectivity index (χ3n) is 3.65. The molecule has 0 aromatic rings. The Morgan fingerprint density at radius 3 is 2.73 bits per heavy atom. The standard InChI is InChI=1S/C16H33N3O2.HI/c1-5-17-16(18-7-9-21-11-10-20-4)19-8-6-15(13-19)12-14(2)3;/h14-15H,5-13H2,1-4H3,(H,17,18);1H. The van der Waals surface area contributed by atoms with Crippen molar-refractivity contribution in [3.8, 4) is 0 Å². The minimum absolute atomic E-state index is 0. The number of halogens is 1. The quantitative estimate of drug-likeness (QED) is 0.266. The van der Waals surface area contributed by atoms with Gasteiger partial charge in [-0.25, -0.2) is 0 Å². The van der Waals surface area contributed by atoms with E-state index in [1.807, 2.05) is 0 Å². The van der Waals surface area contributed by atoms with Gasteiger partial charge < -0.3 is 19.7 Å². The number of likely N-dealkylation sites (tertiary alicyclic amines) is 1. The van der Waals surface area contributed by atoms with Gasteiger partial charge in [-0.05, 0) is 31.6 Å². The van der Waals surface area contributed by atoms with Crippen LogP contribution in [0.4, 0.5) is 0 Å². The molecule has 0 aromatic carbocycles. The molecule has 1 unspecified atom stereocenters. The largest absolute Gasteiger partial charge is 0.382 e. The van der Waals surface area contributed by atoms with Crippen LogP contribution >= 0.6 is 24.0 Å². The summed E-state index contributed by atoms with van der Waals surface area (Å²) in [6, 6.07) is 0. The van der Waals surface area contributed by atoms with Crippen LogP contribution in [0.5, 0.6) is 0 Å². The van der Waals surface area contributed by atoms with Gasteiger partial charge in [-0.3, -0.25) is 4.99 Å². The summed E-state index contributed by atoms with van der Waals surface area (Å²) < 4.78 is 10.4. The fraction of sp³-hybridized carbons (Fsp3) is 0.938. The zero-order valence-electron chi connectivity index (χ0n) is 14.6. The van der Waals surface area contributed by atoms with E-state index in [0.717, 1.165) is 37.4 Å². The van der Waals surface area contributed by atoms with E-state index in [9.17, 15) is 0 Å². The first-order valence-corrected chi connectivity index (χ1v) is 8.27. The maximum Gasteiger partial charge on any atom is 0.194 e. The van der Waals surface area contributed by atoms with Crippen LogP contribution < -0.4 is 5.32 Å². The molecule has 1 aliphatic heterocycles. The van der Waals surface area contributed by atoms with Crippen molar-refractivity contribution in [3.63, 3.8) is 0 Å². The first-order chi connectivity index (χ1) is 10.2. The van der Waals surface area contributed by atoms with Crippen molar-refractivity contribution in [3.05, 3.63) is 0 Å². The number of ether oxygens (including phenoxy) is 2. The average molecular weight is 427 g/mol. The highest BCUT2D eigenvalue weighted by atomic mass is 127. The topological polar surface area (TPSA) is 46.1 Å². The molecule has 0 aliphatic carbocycles. The number of nitrogens with one attached hydrogen (secondary N) is 1. The number of guanidine groups is 1. The molecule has 1 atom stereocenters. The predicted octanol–water partition coefficient (Wildman–Crippen LogP) is 2.60. The number of hydrogen-bond acceptors (Lipinski definition) is 3. The number of nitrogens with zero attached hydrogens (tertiary/aromatic N) is 2. The lowest BCUT2D eigenvalue weighted by Crippen LogP contribution is -2.40. The number of methoxy groups -OCH3 is 1. The summed E-state index contributed by atoms with van der Waals surface area (Å²) in [5, 5.41) is 3.40.